The van der Waals surface area contributed by atoms with E-state index in [0.29, 0.717) is 6.10 Å². The highest BCUT2D eigenvalue weighted by molar-refractivity contribution is 4.83. The van der Waals surface area contributed by atoms with Crippen molar-refractivity contribution in [2.45, 2.75) is 232 Å². The fraction of sp³-hybridized carbons (Fsp3) is 0.907. The maximum Gasteiger partial charge on any atom is 0.0658 e. The molecule has 0 saturated carbocycles. The van der Waals surface area contributed by atoms with Gasteiger partial charge in [0.2, 0.25) is 0 Å². The zero-order valence-electron chi connectivity index (χ0n) is 31.6. The fourth-order valence-corrected chi connectivity index (χ4v) is 7.11. The molecule has 0 N–H and O–H groups in total. The standard InChI is InChI=1S/C43H83NO/c1-5-7-9-11-13-15-17-19-21-23-25-27-29-31-33-38-43(3,45-42-36-35-40-44(4)41-37-42)39-34-32-30-28-26-24-22-20-18-16-14-12-10-8-6-2/h17-20,42H,5-16,21-41H2,1-4H3/b19-17-,20-18-. The number of allylic oxidation sites excluding steroid dienone is 4. The Morgan fingerprint density at radius 3 is 1.31 bits per heavy atom. The molecule has 1 rings (SSSR count). The average Bonchev–Trinajstić information content (AvgIpc) is 3.24. The Bertz CT molecular complexity index is 614. The van der Waals surface area contributed by atoms with E-state index in [9.17, 15) is 0 Å². The van der Waals surface area contributed by atoms with Crippen molar-refractivity contribution >= 4 is 0 Å². The number of ether oxygens (including phenoxy) is 1. The summed E-state index contributed by atoms with van der Waals surface area (Å²) >= 11 is 0. The number of hydrogen-bond donors (Lipinski definition) is 0. The van der Waals surface area contributed by atoms with Crippen molar-refractivity contribution in [1.29, 1.82) is 0 Å². The van der Waals surface area contributed by atoms with Crippen LogP contribution < -0.4 is 0 Å². The maximum absolute atomic E-state index is 7.00. The fourth-order valence-electron chi connectivity index (χ4n) is 7.11. The molecule has 1 saturated heterocycles. The first-order valence-electron chi connectivity index (χ1n) is 20.8. The molecule has 1 aliphatic heterocycles. The van der Waals surface area contributed by atoms with Gasteiger partial charge in [0.15, 0.2) is 0 Å². The average molecular weight is 630 g/mol. The topological polar surface area (TPSA) is 12.5 Å². The molecule has 0 aromatic rings. The minimum absolute atomic E-state index is 0.0796. The molecule has 0 amide bonds. The smallest absolute Gasteiger partial charge is 0.0658 e. The molecule has 0 spiro atoms. The summed E-state index contributed by atoms with van der Waals surface area (Å²) in [6, 6.07) is 0. The summed E-state index contributed by atoms with van der Waals surface area (Å²) in [5.41, 5.74) is 0.0796. The first-order chi connectivity index (χ1) is 22.1. The first kappa shape index (κ1) is 42.4. The summed E-state index contributed by atoms with van der Waals surface area (Å²) in [6.45, 7) is 9.49. The van der Waals surface area contributed by atoms with Gasteiger partial charge in [-0.25, -0.2) is 0 Å². The van der Waals surface area contributed by atoms with Crippen molar-refractivity contribution in [3.05, 3.63) is 24.3 Å². The lowest BCUT2D eigenvalue weighted by molar-refractivity contribution is -0.0985. The van der Waals surface area contributed by atoms with Gasteiger partial charge >= 0.3 is 0 Å². The molecule has 2 nitrogen and oxygen atoms in total. The van der Waals surface area contributed by atoms with Gasteiger partial charge in [-0.2, -0.15) is 0 Å². The van der Waals surface area contributed by atoms with Gasteiger partial charge in [-0.1, -0.05) is 154 Å². The van der Waals surface area contributed by atoms with Crippen LogP contribution in [0.4, 0.5) is 0 Å². The van der Waals surface area contributed by atoms with E-state index in [4.69, 9.17) is 4.74 Å². The lowest BCUT2D eigenvalue weighted by Crippen LogP contribution is -2.34. The number of nitrogens with zero attached hydrogens (tertiary/aromatic N) is 1. The van der Waals surface area contributed by atoms with Crippen LogP contribution in [0.3, 0.4) is 0 Å². The summed E-state index contributed by atoms with van der Waals surface area (Å²) in [5.74, 6) is 0. The Labute approximate surface area is 285 Å². The third-order valence-electron chi connectivity index (χ3n) is 10.3. The quantitative estimate of drug-likeness (QED) is 0.0542. The Balaban J connectivity index is 2.19. The molecule has 1 fully saturated rings. The molecule has 45 heavy (non-hydrogen) atoms. The zero-order chi connectivity index (χ0) is 32.5. The van der Waals surface area contributed by atoms with Crippen molar-refractivity contribution in [1.82, 2.24) is 4.90 Å². The Hall–Kier alpha value is -0.600. The van der Waals surface area contributed by atoms with Crippen molar-refractivity contribution in [2.75, 3.05) is 20.1 Å². The van der Waals surface area contributed by atoms with Crippen LogP contribution in [0.2, 0.25) is 0 Å². The van der Waals surface area contributed by atoms with E-state index in [0.717, 1.165) is 0 Å². The molecule has 2 heteroatoms. The van der Waals surface area contributed by atoms with Gasteiger partial charge in [0.05, 0.1) is 11.7 Å². The summed E-state index contributed by atoms with van der Waals surface area (Å²) in [7, 11) is 2.28. The number of likely N-dealkylation sites (tertiary alicyclic amines) is 1. The molecule has 0 bridgehead atoms. The number of rotatable bonds is 32. The predicted molar refractivity (Wildman–Crippen MR) is 204 cm³/mol. The molecule has 0 radical (unpaired) electrons. The van der Waals surface area contributed by atoms with Gasteiger partial charge in [0, 0.05) is 6.54 Å². The Morgan fingerprint density at radius 1 is 0.511 bits per heavy atom. The molecule has 0 aromatic carbocycles. The molecular weight excluding hydrogens is 546 g/mol. The maximum atomic E-state index is 7.00. The second-order valence-corrected chi connectivity index (χ2v) is 15.1. The number of unbranched alkanes of at least 4 members (excludes halogenated alkanes) is 22. The van der Waals surface area contributed by atoms with E-state index in [-0.39, 0.29) is 5.60 Å². The Kier molecular flexibility index (Phi) is 30.1. The number of hydrogen-bond acceptors (Lipinski definition) is 2. The molecule has 0 aliphatic carbocycles. The normalized spacial score (nSPS) is 16.8. The Morgan fingerprint density at radius 2 is 0.889 bits per heavy atom. The van der Waals surface area contributed by atoms with Crippen LogP contribution in [-0.2, 0) is 4.74 Å². The van der Waals surface area contributed by atoms with Crippen LogP contribution in [-0.4, -0.2) is 36.7 Å². The van der Waals surface area contributed by atoms with E-state index in [1.165, 1.54) is 212 Å². The van der Waals surface area contributed by atoms with Crippen LogP contribution >= 0.6 is 0 Å². The van der Waals surface area contributed by atoms with Gasteiger partial charge in [0.25, 0.3) is 0 Å². The van der Waals surface area contributed by atoms with E-state index in [2.05, 4.69) is 57.0 Å². The lowest BCUT2D eigenvalue weighted by Gasteiger charge is -2.34. The van der Waals surface area contributed by atoms with Crippen LogP contribution in [0.15, 0.2) is 24.3 Å². The first-order valence-corrected chi connectivity index (χ1v) is 20.8. The van der Waals surface area contributed by atoms with Crippen molar-refractivity contribution in [3.8, 4) is 0 Å². The van der Waals surface area contributed by atoms with Gasteiger partial charge in [-0.05, 0) is 104 Å². The zero-order valence-corrected chi connectivity index (χ0v) is 31.6. The van der Waals surface area contributed by atoms with E-state index in [1.54, 1.807) is 0 Å². The molecule has 0 aromatic heterocycles. The molecule has 266 valence electrons. The summed E-state index contributed by atoms with van der Waals surface area (Å²) in [4.78, 5) is 2.50. The van der Waals surface area contributed by atoms with E-state index in [1.807, 2.05) is 0 Å². The van der Waals surface area contributed by atoms with Gasteiger partial charge in [-0.15, -0.1) is 0 Å². The van der Waals surface area contributed by atoms with E-state index >= 15 is 0 Å². The monoisotopic (exact) mass is 630 g/mol. The molecule has 1 unspecified atom stereocenters. The third-order valence-corrected chi connectivity index (χ3v) is 10.3. The van der Waals surface area contributed by atoms with Crippen LogP contribution in [0.5, 0.6) is 0 Å². The third kappa shape index (κ3) is 28.2. The minimum atomic E-state index is 0.0796. The SMILES string of the molecule is CCCCCCC/C=C\CCCCCCCCC(C)(CCCCCCCC/C=C\CCCCCCC)OC1CCCN(C)CC1. The van der Waals surface area contributed by atoms with Gasteiger partial charge in [0.1, 0.15) is 0 Å². The molecular formula is C43H83NO. The summed E-state index contributed by atoms with van der Waals surface area (Å²) < 4.78 is 7.00. The van der Waals surface area contributed by atoms with Crippen molar-refractivity contribution in [3.63, 3.8) is 0 Å². The van der Waals surface area contributed by atoms with Crippen LogP contribution in [0.1, 0.15) is 220 Å². The highest BCUT2D eigenvalue weighted by Gasteiger charge is 2.29. The summed E-state index contributed by atoms with van der Waals surface area (Å²) in [6.07, 6.45) is 52.2. The van der Waals surface area contributed by atoms with Crippen LogP contribution in [0, 0.1) is 0 Å². The summed E-state index contributed by atoms with van der Waals surface area (Å²) in [5, 5.41) is 0. The highest BCUT2D eigenvalue weighted by Crippen LogP contribution is 2.31. The molecule has 1 aliphatic rings. The minimum Gasteiger partial charge on any atom is -0.372 e. The van der Waals surface area contributed by atoms with Crippen molar-refractivity contribution < 1.29 is 4.74 Å². The van der Waals surface area contributed by atoms with Gasteiger partial charge < -0.3 is 9.64 Å². The lowest BCUT2D eigenvalue weighted by atomic mass is 9.90. The largest absolute Gasteiger partial charge is 0.372 e. The second kappa shape index (κ2) is 32.0. The molecule has 1 heterocycles. The van der Waals surface area contributed by atoms with E-state index < -0.39 is 0 Å². The highest BCUT2D eigenvalue weighted by atomic mass is 16.5. The predicted octanol–water partition coefficient (Wildman–Crippen LogP) is 14.3. The van der Waals surface area contributed by atoms with Crippen molar-refractivity contribution in [2.24, 2.45) is 0 Å². The molecule has 1 atom stereocenters. The van der Waals surface area contributed by atoms with Crippen LogP contribution in [0.25, 0.3) is 0 Å². The second-order valence-electron chi connectivity index (χ2n) is 15.1. The van der Waals surface area contributed by atoms with Gasteiger partial charge in [-0.3, -0.25) is 0 Å².